The van der Waals surface area contributed by atoms with Crippen LogP contribution >= 0.6 is 0 Å². The highest BCUT2D eigenvalue weighted by Gasteiger charge is 2.40. The van der Waals surface area contributed by atoms with Crippen LogP contribution in [-0.2, 0) is 11.8 Å². The fourth-order valence-corrected chi connectivity index (χ4v) is 6.57. The van der Waals surface area contributed by atoms with Gasteiger partial charge in [0.05, 0.1) is 22.4 Å². The van der Waals surface area contributed by atoms with Crippen molar-refractivity contribution in [3.63, 3.8) is 0 Å². The van der Waals surface area contributed by atoms with Crippen molar-refractivity contribution >= 4 is 39.4 Å². The van der Waals surface area contributed by atoms with Crippen molar-refractivity contribution in [2.45, 2.75) is 44.7 Å². The van der Waals surface area contributed by atoms with Gasteiger partial charge in [-0.25, -0.2) is 9.37 Å². The Kier molecular flexibility index (Phi) is 4.23. The first-order valence-electron chi connectivity index (χ1n) is 12.4. The number of aryl methyl sites for hydroxylation is 1. The summed E-state index contributed by atoms with van der Waals surface area (Å²) in [6.45, 7) is 2.74. The number of amides is 2. The van der Waals surface area contributed by atoms with Crippen LogP contribution in [0.4, 0.5) is 10.1 Å². The average Bonchev–Trinajstić information content (AvgIpc) is 3.62. The number of benzene rings is 2. The molecular formula is C27H26FN5O2. The lowest BCUT2D eigenvalue weighted by atomic mass is 10.1. The molecule has 1 N–H and O–H groups in total. The third-order valence-electron chi connectivity index (χ3n) is 8.19. The Morgan fingerprint density at radius 3 is 2.80 bits per heavy atom. The Bertz CT molecular complexity index is 1570. The first-order chi connectivity index (χ1) is 16.9. The maximum atomic E-state index is 15.4. The van der Waals surface area contributed by atoms with E-state index in [1.165, 1.54) is 12.5 Å². The van der Waals surface area contributed by atoms with Crippen LogP contribution in [0.1, 0.15) is 49.0 Å². The van der Waals surface area contributed by atoms with Crippen LogP contribution in [0.25, 0.3) is 33.5 Å². The largest absolute Gasteiger partial charge is 0.335 e. The first kappa shape index (κ1) is 20.7. The summed E-state index contributed by atoms with van der Waals surface area (Å²) >= 11 is 0. The van der Waals surface area contributed by atoms with Crippen molar-refractivity contribution < 1.29 is 14.0 Å². The van der Waals surface area contributed by atoms with Gasteiger partial charge in [0.15, 0.2) is 5.82 Å². The van der Waals surface area contributed by atoms with Gasteiger partial charge in [-0.15, -0.1) is 0 Å². The number of nitrogens with zero attached hydrogens (tertiary/aromatic N) is 4. The molecule has 3 atom stereocenters. The fourth-order valence-electron chi connectivity index (χ4n) is 6.57. The number of imidazole rings is 1. The summed E-state index contributed by atoms with van der Waals surface area (Å²) in [7, 11) is 1.78. The Balaban J connectivity index is 1.39. The molecule has 1 unspecified atom stereocenters. The predicted octanol–water partition coefficient (Wildman–Crippen LogP) is 4.86. The van der Waals surface area contributed by atoms with Gasteiger partial charge < -0.3 is 19.4 Å². The van der Waals surface area contributed by atoms with Gasteiger partial charge in [-0.05, 0) is 55.9 Å². The van der Waals surface area contributed by atoms with Crippen molar-refractivity contribution in [1.29, 1.82) is 0 Å². The zero-order valence-corrected chi connectivity index (χ0v) is 19.7. The van der Waals surface area contributed by atoms with Gasteiger partial charge in [0.1, 0.15) is 17.4 Å². The SMILES string of the molecule is CCC1C(=O)Nc2cccc3cc(-c4nc5cc(C(=O)N6C[C@H]7CC[C@@H]6C7)cc(F)c5n4C)n1c23. The molecule has 4 aromatic rings. The lowest BCUT2D eigenvalue weighted by Crippen LogP contribution is -2.37. The standard InChI is InChI=1S/C27H26FN5O2/c1-3-21-26(34)30-19-6-4-5-15-12-22(33(21)23(15)19)25-29-20-11-16(10-18(28)24(20)31(25)2)27(35)32-13-14-7-8-17(32)9-14/h4-6,10-12,14,17,21H,3,7-9,13H2,1-2H3,(H,30,34)/t14-,17+,21?/m0/s1. The monoisotopic (exact) mass is 471 g/mol. The second kappa shape index (κ2) is 7.16. The lowest BCUT2D eigenvalue weighted by molar-refractivity contribution is -0.119. The third-order valence-corrected chi connectivity index (χ3v) is 8.19. The molecule has 2 aromatic carbocycles. The number of rotatable bonds is 3. The second-order valence-electron chi connectivity index (χ2n) is 10.2. The van der Waals surface area contributed by atoms with Crippen molar-refractivity contribution in [3.8, 4) is 11.5 Å². The van der Waals surface area contributed by atoms with E-state index in [0.29, 0.717) is 34.8 Å². The van der Waals surface area contributed by atoms with Gasteiger partial charge in [-0.2, -0.15) is 0 Å². The first-order valence-corrected chi connectivity index (χ1v) is 12.4. The molecule has 178 valence electrons. The van der Waals surface area contributed by atoms with E-state index in [-0.39, 0.29) is 23.9 Å². The lowest BCUT2D eigenvalue weighted by Gasteiger charge is -2.27. The molecule has 3 aliphatic rings. The number of nitrogens with one attached hydrogen (secondary N) is 1. The molecule has 2 amide bonds. The minimum absolute atomic E-state index is 0.0670. The molecule has 1 saturated heterocycles. The highest BCUT2D eigenvalue weighted by Crippen LogP contribution is 2.41. The van der Waals surface area contributed by atoms with E-state index in [4.69, 9.17) is 4.98 Å². The van der Waals surface area contributed by atoms with E-state index in [1.807, 2.05) is 40.7 Å². The zero-order chi connectivity index (χ0) is 24.0. The third kappa shape index (κ3) is 2.79. The molecule has 2 bridgehead atoms. The van der Waals surface area contributed by atoms with E-state index in [1.54, 1.807) is 17.7 Å². The summed E-state index contributed by atoms with van der Waals surface area (Å²) in [5, 5.41) is 4.00. The number of halogens is 1. The number of fused-ring (bicyclic) bond motifs is 3. The molecule has 0 radical (unpaired) electrons. The fraction of sp³-hybridized carbons (Fsp3) is 0.370. The topological polar surface area (TPSA) is 72.2 Å². The van der Waals surface area contributed by atoms with Crippen LogP contribution < -0.4 is 5.32 Å². The molecule has 2 aromatic heterocycles. The molecule has 7 nitrogen and oxygen atoms in total. The number of likely N-dealkylation sites (tertiary alicyclic amines) is 1. The minimum atomic E-state index is -0.461. The molecule has 35 heavy (non-hydrogen) atoms. The van der Waals surface area contributed by atoms with Crippen molar-refractivity contribution in [2.75, 3.05) is 11.9 Å². The summed E-state index contributed by atoms with van der Waals surface area (Å²) in [6.07, 6.45) is 3.89. The van der Waals surface area contributed by atoms with Gasteiger partial charge in [0.25, 0.3) is 5.91 Å². The number of piperidine rings is 1. The van der Waals surface area contributed by atoms with E-state index in [0.717, 1.165) is 41.7 Å². The Morgan fingerprint density at radius 2 is 2.06 bits per heavy atom. The normalized spacial score (nSPS) is 23.0. The van der Waals surface area contributed by atoms with Crippen LogP contribution in [0.2, 0.25) is 0 Å². The number of hydrogen-bond donors (Lipinski definition) is 1. The highest BCUT2D eigenvalue weighted by atomic mass is 19.1. The van der Waals surface area contributed by atoms with E-state index < -0.39 is 5.82 Å². The maximum absolute atomic E-state index is 15.4. The number of aromatic nitrogens is 3. The van der Waals surface area contributed by atoms with Gasteiger partial charge in [0.2, 0.25) is 5.91 Å². The predicted molar refractivity (Wildman–Crippen MR) is 132 cm³/mol. The van der Waals surface area contributed by atoms with Crippen LogP contribution in [-0.4, -0.2) is 43.4 Å². The number of carbonyl (C=O) groups is 2. The van der Waals surface area contributed by atoms with E-state index in [2.05, 4.69) is 5.32 Å². The Labute approximate surface area is 201 Å². The molecule has 7 rings (SSSR count). The van der Waals surface area contributed by atoms with E-state index >= 15 is 4.39 Å². The van der Waals surface area contributed by atoms with Crippen LogP contribution in [0, 0.1) is 11.7 Å². The Morgan fingerprint density at radius 1 is 1.20 bits per heavy atom. The zero-order valence-electron chi connectivity index (χ0n) is 19.7. The maximum Gasteiger partial charge on any atom is 0.254 e. The van der Waals surface area contributed by atoms with Gasteiger partial charge in [0, 0.05) is 30.6 Å². The summed E-state index contributed by atoms with van der Waals surface area (Å²) < 4.78 is 19.2. The molecule has 4 heterocycles. The van der Waals surface area contributed by atoms with Gasteiger partial charge >= 0.3 is 0 Å². The van der Waals surface area contributed by atoms with Crippen LogP contribution in [0.15, 0.2) is 36.4 Å². The van der Waals surface area contributed by atoms with Crippen molar-refractivity contribution in [3.05, 3.63) is 47.8 Å². The van der Waals surface area contributed by atoms with E-state index in [9.17, 15) is 9.59 Å². The summed E-state index contributed by atoms with van der Waals surface area (Å²) in [6, 6.07) is 10.8. The summed E-state index contributed by atoms with van der Waals surface area (Å²) in [5.41, 5.74) is 3.62. The van der Waals surface area contributed by atoms with Gasteiger partial charge in [-0.3, -0.25) is 9.59 Å². The second-order valence-corrected chi connectivity index (χ2v) is 10.2. The molecule has 0 spiro atoms. The Hall–Kier alpha value is -3.68. The molecule has 1 aliphatic carbocycles. The average molecular weight is 472 g/mol. The molecule has 2 fully saturated rings. The number of anilines is 1. The van der Waals surface area contributed by atoms with Crippen LogP contribution in [0.5, 0.6) is 0 Å². The highest BCUT2D eigenvalue weighted by molar-refractivity contribution is 6.08. The van der Waals surface area contributed by atoms with Crippen LogP contribution in [0.3, 0.4) is 0 Å². The number of hydrogen-bond acceptors (Lipinski definition) is 3. The molecule has 8 heteroatoms. The number of para-hydroxylation sites is 1. The summed E-state index contributed by atoms with van der Waals surface area (Å²) in [4.78, 5) is 32.8. The quantitative estimate of drug-likeness (QED) is 0.464. The van der Waals surface area contributed by atoms with Crippen molar-refractivity contribution in [2.24, 2.45) is 13.0 Å². The van der Waals surface area contributed by atoms with Crippen molar-refractivity contribution in [1.82, 2.24) is 19.0 Å². The minimum Gasteiger partial charge on any atom is -0.335 e. The summed E-state index contributed by atoms with van der Waals surface area (Å²) in [5.74, 6) is 0.507. The smallest absolute Gasteiger partial charge is 0.254 e. The van der Waals surface area contributed by atoms with Gasteiger partial charge in [-0.1, -0.05) is 19.1 Å². The molecule has 2 aliphatic heterocycles. The molecule has 1 saturated carbocycles. The number of carbonyl (C=O) groups excluding carboxylic acids is 2. The molecular weight excluding hydrogens is 445 g/mol.